The van der Waals surface area contributed by atoms with Gasteiger partial charge in [0.2, 0.25) is 0 Å². The van der Waals surface area contributed by atoms with Crippen molar-refractivity contribution < 1.29 is 4.79 Å². The van der Waals surface area contributed by atoms with Crippen LogP contribution in [0.15, 0.2) is 0 Å². The van der Waals surface area contributed by atoms with Gasteiger partial charge < -0.3 is 5.32 Å². The summed E-state index contributed by atoms with van der Waals surface area (Å²) in [5.74, 6) is 0.863. The highest BCUT2D eigenvalue weighted by Gasteiger charge is 2.50. The van der Waals surface area contributed by atoms with Gasteiger partial charge in [-0.2, -0.15) is 0 Å². The molecular weight excluding hydrogens is 186 g/mol. The molecule has 2 aliphatic rings. The average molecular weight is 209 g/mol. The summed E-state index contributed by atoms with van der Waals surface area (Å²) >= 11 is 0. The van der Waals surface area contributed by atoms with Crippen molar-refractivity contribution in [2.45, 2.75) is 58.4 Å². The van der Waals surface area contributed by atoms with E-state index in [2.05, 4.69) is 19.2 Å². The van der Waals surface area contributed by atoms with Crippen molar-refractivity contribution in [1.82, 2.24) is 5.32 Å². The third-order valence-corrected chi connectivity index (χ3v) is 4.01. The highest BCUT2D eigenvalue weighted by Crippen LogP contribution is 2.52. The van der Waals surface area contributed by atoms with Crippen molar-refractivity contribution in [3.05, 3.63) is 0 Å². The first-order valence-corrected chi connectivity index (χ1v) is 6.36. The number of ketones is 1. The summed E-state index contributed by atoms with van der Waals surface area (Å²) in [6, 6.07) is 0.469. The molecule has 2 unspecified atom stereocenters. The van der Waals surface area contributed by atoms with Gasteiger partial charge in [-0.3, -0.25) is 4.79 Å². The highest BCUT2D eigenvalue weighted by atomic mass is 16.1. The zero-order valence-corrected chi connectivity index (χ0v) is 10.0. The Balaban J connectivity index is 1.78. The minimum atomic E-state index is 0.307. The molecule has 0 aromatic rings. The fourth-order valence-electron chi connectivity index (χ4n) is 2.68. The second-order valence-corrected chi connectivity index (χ2v) is 5.92. The topological polar surface area (TPSA) is 29.1 Å². The Morgan fingerprint density at radius 3 is 2.73 bits per heavy atom. The molecule has 2 fully saturated rings. The standard InChI is InChI=1S/C13H23NO/c1-13(2)9-11(13)12(15)8-10-6-4-3-5-7-14-10/h10-11,14H,3-9H2,1-2H3. The van der Waals surface area contributed by atoms with Crippen LogP contribution >= 0.6 is 0 Å². The maximum absolute atomic E-state index is 12.0. The molecule has 0 amide bonds. The molecule has 0 aromatic carbocycles. The first kappa shape index (κ1) is 11.1. The number of carbonyl (C=O) groups excluding carboxylic acids is 1. The maximum atomic E-state index is 12.0. The Kier molecular flexibility index (Phi) is 3.15. The Hall–Kier alpha value is -0.370. The van der Waals surface area contributed by atoms with Crippen molar-refractivity contribution in [3.8, 4) is 0 Å². The van der Waals surface area contributed by atoms with Gasteiger partial charge in [0.15, 0.2) is 0 Å². The summed E-state index contributed by atoms with van der Waals surface area (Å²) in [5.41, 5.74) is 0.307. The van der Waals surface area contributed by atoms with E-state index in [1.54, 1.807) is 0 Å². The van der Waals surface area contributed by atoms with Crippen LogP contribution in [0.5, 0.6) is 0 Å². The lowest BCUT2D eigenvalue weighted by Crippen LogP contribution is -2.31. The quantitative estimate of drug-likeness (QED) is 0.774. The first-order chi connectivity index (χ1) is 7.09. The molecule has 1 N–H and O–H groups in total. The molecule has 1 saturated heterocycles. The molecule has 1 aliphatic heterocycles. The molecule has 0 spiro atoms. The largest absolute Gasteiger partial charge is 0.314 e. The Morgan fingerprint density at radius 1 is 1.33 bits per heavy atom. The van der Waals surface area contributed by atoms with Gasteiger partial charge in [0.25, 0.3) is 0 Å². The SMILES string of the molecule is CC1(C)CC1C(=O)CC1CCCCCN1. The third kappa shape index (κ3) is 2.81. The van der Waals surface area contributed by atoms with Gasteiger partial charge in [-0.15, -0.1) is 0 Å². The van der Waals surface area contributed by atoms with E-state index in [0.717, 1.165) is 19.4 Å². The molecule has 2 heteroatoms. The van der Waals surface area contributed by atoms with Crippen LogP contribution in [-0.2, 0) is 4.79 Å². The molecule has 1 saturated carbocycles. The monoisotopic (exact) mass is 209 g/mol. The Morgan fingerprint density at radius 2 is 2.07 bits per heavy atom. The summed E-state index contributed by atoms with van der Waals surface area (Å²) in [6.45, 7) is 5.51. The van der Waals surface area contributed by atoms with Crippen molar-refractivity contribution >= 4 is 5.78 Å². The second kappa shape index (κ2) is 4.25. The van der Waals surface area contributed by atoms with Crippen LogP contribution in [0.4, 0.5) is 0 Å². The lowest BCUT2D eigenvalue weighted by atomic mass is 9.99. The highest BCUT2D eigenvalue weighted by molar-refractivity contribution is 5.85. The van der Waals surface area contributed by atoms with E-state index in [9.17, 15) is 4.79 Å². The molecule has 86 valence electrons. The molecular formula is C13H23NO. The molecule has 2 rings (SSSR count). The number of hydrogen-bond donors (Lipinski definition) is 1. The summed E-state index contributed by atoms with van der Waals surface area (Å²) in [4.78, 5) is 12.0. The lowest BCUT2D eigenvalue weighted by Gasteiger charge is -2.15. The van der Waals surface area contributed by atoms with Crippen LogP contribution in [0.25, 0.3) is 0 Å². The van der Waals surface area contributed by atoms with Crippen molar-refractivity contribution in [1.29, 1.82) is 0 Å². The molecule has 15 heavy (non-hydrogen) atoms. The minimum Gasteiger partial charge on any atom is -0.314 e. The number of carbonyl (C=O) groups is 1. The number of nitrogens with one attached hydrogen (secondary N) is 1. The fraction of sp³-hybridized carbons (Fsp3) is 0.923. The third-order valence-electron chi connectivity index (χ3n) is 4.01. The lowest BCUT2D eigenvalue weighted by molar-refractivity contribution is -0.121. The van der Waals surface area contributed by atoms with Crippen LogP contribution in [0, 0.1) is 11.3 Å². The zero-order valence-electron chi connectivity index (χ0n) is 10.0. The molecule has 0 radical (unpaired) electrons. The van der Waals surface area contributed by atoms with Crippen molar-refractivity contribution in [2.24, 2.45) is 11.3 Å². The van der Waals surface area contributed by atoms with Crippen LogP contribution in [-0.4, -0.2) is 18.4 Å². The van der Waals surface area contributed by atoms with Crippen molar-refractivity contribution in [2.75, 3.05) is 6.54 Å². The van der Waals surface area contributed by atoms with E-state index in [1.807, 2.05) is 0 Å². The summed E-state index contributed by atoms with van der Waals surface area (Å²) in [5, 5.41) is 3.50. The molecule has 0 bridgehead atoms. The maximum Gasteiger partial charge on any atom is 0.138 e. The van der Waals surface area contributed by atoms with Gasteiger partial charge in [0.05, 0.1) is 0 Å². The molecule has 2 atom stereocenters. The molecule has 1 heterocycles. The fourth-order valence-corrected chi connectivity index (χ4v) is 2.68. The van der Waals surface area contributed by atoms with Gasteiger partial charge in [0.1, 0.15) is 5.78 Å². The number of rotatable bonds is 3. The predicted octanol–water partition coefficient (Wildman–Crippen LogP) is 2.52. The van der Waals surface area contributed by atoms with E-state index in [4.69, 9.17) is 0 Å². The van der Waals surface area contributed by atoms with Gasteiger partial charge in [-0.05, 0) is 31.2 Å². The Bertz CT molecular complexity index is 239. The molecule has 0 aromatic heterocycles. The van der Waals surface area contributed by atoms with Gasteiger partial charge in [-0.1, -0.05) is 26.7 Å². The summed E-state index contributed by atoms with van der Waals surface area (Å²) < 4.78 is 0. The predicted molar refractivity (Wildman–Crippen MR) is 61.8 cm³/mol. The van der Waals surface area contributed by atoms with Gasteiger partial charge in [-0.25, -0.2) is 0 Å². The first-order valence-electron chi connectivity index (χ1n) is 6.36. The van der Waals surface area contributed by atoms with E-state index in [-0.39, 0.29) is 0 Å². The summed E-state index contributed by atoms with van der Waals surface area (Å²) in [6.07, 6.45) is 6.97. The van der Waals surface area contributed by atoms with E-state index < -0.39 is 0 Å². The average Bonchev–Trinajstić information content (AvgIpc) is 2.85. The van der Waals surface area contributed by atoms with Crippen LogP contribution in [0.3, 0.4) is 0 Å². The van der Waals surface area contributed by atoms with Gasteiger partial charge in [0, 0.05) is 18.4 Å². The van der Waals surface area contributed by atoms with Crippen LogP contribution < -0.4 is 5.32 Å². The second-order valence-electron chi connectivity index (χ2n) is 5.92. The van der Waals surface area contributed by atoms with E-state index in [1.165, 1.54) is 25.7 Å². The molecule has 2 nitrogen and oxygen atoms in total. The Labute approximate surface area is 92.8 Å². The smallest absolute Gasteiger partial charge is 0.138 e. The zero-order chi connectivity index (χ0) is 10.9. The minimum absolute atomic E-state index is 0.307. The molecule has 1 aliphatic carbocycles. The van der Waals surface area contributed by atoms with Crippen LogP contribution in [0.1, 0.15) is 52.4 Å². The number of Topliss-reactive ketones (excluding diaryl/α,β-unsaturated/α-hetero) is 1. The van der Waals surface area contributed by atoms with E-state index >= 15 is 0 Å². The van der Waals surface area contributed by atoms with Crippen molar-refractivity contribution in [3.63, 3.8) is 0 Å². The summed E-state index contributed by atoms with van der Waals surface area (Å²) in [7, 11) is 0. The van der Waals surface area contributed by atoms with Gasteiger partial charge >= 0.3 is 0 Å². The normalized spacial score (nSPS) is 34.5. The van der Waals surface area contributed by atoms with Crippen LogP contribution in [0.2, 0.25) is 0 Å². The van der Waals surface area contributed by atoms with E-state index in [0.29, 0.717) is 23.2 Å². The number of hydrogen-bond acceptors (Lipinski definition) is 2.